The number of hydrogen-bond acceptors (Lipinski definition) is 7. The lowest BCUT2D eigenvalue weighted by molar-refractivity contribution is 0.0602. The van der Waals surface area contributed by atoms with Crippen LogP contribution in [0.4, 0.5) is 0 Å². The standard InChI is InChI=1S/C20H20N2O5S2/c1-26-20(23)19-17(9-13-28-19)29(24,25)22-11-7-15(8-12-22)27-16-6-2-4-14-5-3-10-21-18(14)16/h2-6,9-10,13,15H,7-8,11-12H2,1H3. The second-order valence-electron chi connectivity index (χ2n) is 6.66. The number of thiophene rings is 1. The van der Waals surface area contributed by atoms with E-state index >= 15 is 0 Å². The molecule has 0 saturated carbocycles. The lowest BCUT2D eigenvalue weighted by Crippen LogP contribution is -2.42. The second kappa shape index (κ2) is 8.10. The van der Waals surface area contributed by atoms with E-state index in [2.05, 4.69) is 4.98 Å². The minimum absolute atomic E-state index is 0.00646. The van der Waals surface area contributed by atoms with Crippen molar-refractivity contribution in [2.24, 2.45) is 0 Å². The molecule has 1 aliphatic rings. The lowest BCUT2D eigenvalue weighted by atomic mass is 10.1. The summed E-state index contributed by atoms with van der Waals surface area (Å²) in [6, 6.07) is 11.1. The van der Waals surface area contributed by atoms with E-state index in [9.17, 15) is 13.2 Å². The normalized spacial score (nSPS) is 16.0. The van der Waals surface area contributed by atoms with Gasteiger partial charge in [-0.3, -0.25) is 4.98 Å². The van der Waals surface area contributed by atoms with Crippen LogP contribution in [0.25, 0.3) is 10.9 Å². The van der Waals surface area contributed by atoms with Gasteiger partial charge in [0.2, 0.25) is 10.0 Å². The Morgan fingerprint density at radius 1 is 1.17 bits per heavy atom. The molecule has 0 N–H and O–H groups in total. The molecule has 0 unspecified atom stereocenters. The van der Waals surface area contributed by atoms with Gasteiger partial charge in [0.1, 0.15) is 27.1 Å². The lowest BCUT2D eigenvalue weighted by Gasteiger charge is -2.31. The number of fused-ring (bicyclic) bond motifs is 1. The third kappa shape index (κ3) is 3.85. The third-order valence-electron chi connectivity index (χ3n) is 4.91. The molecule has 29 heavy (non-hydrogen) atoms. The predicted molar refractivity (Wildman–Crippen MR) is 110 cm³/mol. The van der Waals surface area contributed by atoms with Gasteiger partial charge in [-0.1, -0.05) is 18.2 Å². The summed E-state index contributed by atoms with van der Waals surface area (Å²) in [6.45, 7) is 0.642. The molecule has 1 fully saturated rings. The van der Waals surface area contributed by atoms with Gasteiger partial charge in [0.15, 0.2) is 0 Å². The molecule has 0 bridgehead atoms. The van der Waals surface area contributed by atoms with E-state index in [-0.39, 0.29) is 15.9 Å². The van der Waals surface area contributed by atoms with Crippen LogP contribution in [0.2, 0.25) is 0 Å². The summed E-state index contributed by atoms with van der Waals surface area (Å²) in [5, 5.41) is 2.58. The topological polar surface area (TPSA) is 85.8 Å². The number of pyridine rings is 1. The van der Waals surface area contributed by atoms with Crippen molar-refractivity contribution in [3.05, 3.63) is 52.9 Å². The molecular formula is C20H20N2O5S2. The summed E-state index contributed by atoms with van der Waals surface area (Å²) in [4.78, 5) is 16.4. The number of benzene rings is 1. The van der Waals surface area contributed by atoms with Crippen molar-refractivity contribution in [2.75, 3.05) is 20.2 Å². The summed E-state index contributed by atoms with van der Waals surface area (Å²) in [6.07, 6.45) is 2.74. The van der Waals surface area contributed by atoms with Crippen LogP contribution < -0.4 is 4.74 Å². The van der Waals surface area contributed by atoms with Crippen LogP contribution in [0.1, 0.15) is 22.5 Å². The molecule has 152 valence electrons. The number of rotatable bonds is 5. The van der Waals surface area contributed by atoms with Crippen LogP contribution in [0.15, 0.2) is 52.9 Å². The van der Waals surface area contributed by atoms with Gasteiger partial charge in [0.05, 0.1) is 7.11 Å². The Morgan fingerprint density at radius 3 is 2.69 bits per heavy atom. The molecule has 0 amide bonds. The Balaban J connectivity index is 1.47. The van der Waals surface area contributed by atoms with Crippen molar-refractivity contribution in [1.29, 1.82) is 0 Å². The fourth-order valence-electron chi connectivity index (χ4n) is 3.42. The highest BCUT2D eigenvalue weighted by Crippen LogP contribution is 2.30. The molecule has 7 nitrogen and oxygen atoms in total. The monoisotopic (exact) mass is 432 g/mol. The summed E-state index contributed by atoms with van der Waals surface area (Å²) in [7, 11) is -2.52. The highest BCUT2D eigenvalue weighted by atomic mass is 32.2. The number of piperidine rings is 1. The van der Waals surface area contributed by atoms with E-state index in [1.54, 1.807) is 11.6 Å². The van der Waals surface area contributed by atoms with E-state index in [4.69, 9.17) is 9.47 Å². The van der Waals surface area contributed by atoms with Crippen LogP contribution in [0, 0.1) is 0 Å². The minimum Gasteiger partial charge on any atom is -0.488 e. The van der Waals surface area contributed by atoms with E-state index in [0.717, 1.165) is 22.2 Å². The van der Waals surface area contributed by atoms with Gasteiger partial charge >= 0.3 is 5.97 Å². The first kappa shape index (κ1) is 19.8. The maximum atomic E-state index is 13.0. The molecule has 0 atom stereocenters. The average Bonchev–Trinajstić information content (AvgIpc) is 3.25. The first-order valence-electron chi connectivity index (χ1n) is 9.17. The molecule has 3 heterocycles. The maximum Gasteiger partial charge on any atom is 0.349 e. The Kier molecular flexibility index (Phi) is 5.53. The third-order valence-corrected chi connectivity index (χ3v) is 7.87. The van der Waals surface area contributed by atoms with E-state index in [1.807, 2.05) is 30.3 Å². The van der Waals surface area contributed by atoms with E-state index in [0.29, 0.717) is 31.7 Å². The molecular weight excluding hydrogens is 412 g/mol. The molecule has 4 rings (SSSR count). The predicted octanol–water partition coefficient (Wildman–Crippen LogP) is 3.32. The molecule has 3 aromatic rings. The molecule has 9 heteroatoms. The zero-order chi connectivity index (χ0) is 20.4. The summed E-state index contributed by atoms with van der Waals surface area (Å²) in [5.41, 5.74) is 0.797. The Morgan fingerprint density at radius 2 is 1.93 bits per heavy atom. The highest BCUT2D eigenvalue weighted by molar-refractivity contribution is 7.89. The van der Waals surface area contributed by atoms with Crippen molar-refractivity contribution in [2.45, 2.75) is 23.8 Å². The van der Waals surface area contributed by atoms with Crippen LogP contribution in [0.5, 0.6) is 5.75 Å². The summed E-state index contributed by atoms with van der Waals surface area (Å²) >= 11 is 1.06. The highest BCUT2D eigenvalue weighted by Gasteiger charge is 2.34. The number of aromatic nitrogens is 1. The minimum atomic E-state index is -3.76. The fraction of sp³-hybridized carbons (Fsp3) is 0.300. The molecule has 1 saturated heterocycles. The number of sulfonamides is 1. The van der Waals surface area contributed by atoms with Gasteiger partial charge in [-0.25, -0.2) is 13.2 Å². The van der Waals surface area contributed by atoms with Gasteiger partial charge in [-0.2, -0.15) is 4.31 Å². The quantitative estimate of drug-likeness (QED) is 0.575. The number of esters is 1. The zero-order valence-corrected chi connectivity index (χ0v) is 17.4. The second-order valence-corrected chi connectivity index (χ2v) is 9.48. The van der Waals surface area contributed by atoms with Gasteiger partial charge < -0.3 is 9.47 Å². The smallest absolute Gasteiger partial charge is 0.349 e. The van der Waals surface area contributed by atoms with Gasteiger partial charge in [0.25, 0.3) is 0 Å². The number of methoxy groups -OCH3 is 1. The Labute approximate surface area is 172 Å². The SMILES string of the molecule is COC(=O)c1sccc1S(=O)(=O)N1CCC(Oc2cccc3cccnc23)CC1. The number of para-hydroxylation sites is 1. The van der Waals surface area contributed by atoms with Gasteiger partial charge in [-0.05, 0) is 36.4 Å². The first-order chi connectivity index (χ1) is 14.0. The van der Waals surface area contributed by atoms with E-state index in [1.165, 1.54) is 17.5 Å². The van der Waals surface area contributed by atoms with Crippen molar-refractivity contribution in [1.82, 2.24) is 9.29 Å². The van der Waals surface area contributed by atoms with Crippen LogP contribution >= 0.6 is 11.3 Å². The molecule has 1 aliphatic heterocycles. The van der Waals surface area contributed by atoms with Crippen molar-refractivity contribution >= 4 is 38.2 Å². The van der Waals surface area contributed by atoms with Crippen molar-refractivity contribution in [3.8, 4) is 5.75 Å². The number of hydrogen-bond donors (Lipinski definition) is 0. The average molecular weight is 433 g/mol. The molecule has 2 aromatic heterocycles. The fourth-order valence-corrected chi connectivity index (χ4v) is 6.20. The first-order valence-corrected chi connectivity index (χ1v) is 11.5. The van der Waals surface area contributed by atoms with Crippen LogP contribution in [-0.2, 0) is 14.8 Å². The van der Waals surface area contributed by atoms with E-state index < -0.39 is 16.0 Å². The van der Waals surface area contributed by atoms with Crippen molar-refractivity contribution < 1.29 is 22.7 Å². The Bertz CT molecular complexity index is 1130. The molecule has 1 aromatic carbocycles. The number of carbonyl (C=O) groups is 1. The molecule has 0 radical (unpaired) electrons. The largest absolute Gasteiger partial charge is 0.488 e. The maximum absolute atomic E-state index is 13.0. The van der Waals surface area contributed by atoms with Gasteiger partial charge in [0, 0.05) is 24.7 Å². The van der Waals surface area contributed by atoms with Crippen LogP contribution in [-0.4, -0.2) is 50.0 Å². The number of carbonyl (C=O) groups excluding carboxylic acids is 1. The van der Waals surface area contributed by atoms with Crippen molar-refractivity contribution in [3.63, 3.8) is 0 Å². The number of ether oxygens (including phenoxy) is 2. The molecule has 0 aliphatic carbocycles. The van der Waals surface area contributed by atoms with Gasteiger partial charge in [-0.15, -0.1) is 11.3 Å². The zero-order valence-electron chi connectivity index (χ0n) is 15.8. The number of nitrogens with zero attached hydrogens (tertiary/aromatic N) is 2. The summed E-state index contributed by atoms with van der Waals surface area (Å²) < 4.78 is 38.3. The van der Waals surface area contributed by atoms with Crippen LogP contribution in [0.3, 0.4) is 0 Å². The summed E-state index contributed by atoms with van der Waals surface area (Å²) in [5.74, 6) is 0.0652. The Hall–Kier alpha value is -2.49. The molecule has 0 spiro atoms.